The summed E-state index contributed by atoms with van der Waals surface area (Å²) in [5.74, 6) is -0.192. The van der Waals surface area contributed by atoms with Gasteiger partial charge < -0.3 is 35.8 Å². The van der Waals surface area contributed by atoms with Crippen LogP contribution in [-0.2, 0) is 20.9 Å². The lowest BCUT2D eigenvalue weighted by molar-refractivity contribution is 0.0376. The third-order valence-electron chi connectivity index (χ3n) is 4.96. The first-order valence-electron chi connectivity index (χ1n) is 10.9. The average molecular weight is 502 g/mol. The molecule has 0 spiro atoms. The van der Waals surface area contributed by atoms with Gasteiger partial charge in [0.1, 0.15) is 19.0 Å². The number of oxime groups is 1. The molecule has 0 radical (unpaired) electrons. The Labute approximate surface area is 207 Å². The number of ether oxygens (including phenoxy) is 2. The normalized spacial score (nSPS) is 13.3. The van der Waals surface area contributed by atoms with Crippen molar-refractivity contribution in [3.63, 3.8) is 0 Å². The Morgan fingerprint density at radius 2 is 1.97 bits per heavy atom. The van der Waals surface area contributed by atoms with Gasteiger partial charge in [-0.25, -0.2) is 19.2 Å². The molecule has 1 unspecified atom stereocenters. The SMILES string of the molecule is C=C(C)OCC(CO)CON=C1CN(c2ncc(-c3cccc(COC(=O)N=C(N)N)c3F)cn2)C1. The zero-order valence-corrected chi connectivity index (χ0v) is 19.8. The number of nitrogens with zero attached hydrogens (tertiary/aromatic N) is 5. The summed E-state index contributed by atoms with van der Waals surface area (Å²) in [7, 11) is 0. The Morgan fingerprint density at radius 3 is 2.61 bits per heavy atom. The molecule has 1 fully saturated rings. The second-order valence-electron chi connectivity index (χ2n) is 8.01. The van der Waals surface area contributed by atoms with Crippen LogP contribution in [-0.4, -0.2) is 65.7 Å². The van der Waals surface area contributed by atoms with Gasteiger partial charge in [-0.3, -0.25) is 0 Å². The summed E-state index contributed by atoms with van der Waals surface area (Å²) in [6.07, 6.45) is 2.00. The van der Waals surface area contributed by atoms with Gasteiger partial charge in [0, 0.05) is 29.1 Å². The first-order valence-corrected chi connectivity index (χ1v) is 10.9. The Morgan fingerprint density at radius 1 is 1.25 bits per heavy atom. The van der Waals surface area contributed by atoms with E-state index in [2.05, 4.69) is 26.7 Å². The van der Waals surface area contributed by atoms with Gasteiger partial charge in [-0.2, -0.15) is 0 Å². The number of benzene rings is 1. The van der Waals surface area contributed by atoms with Crippen molar-refractivity contribution in [1.29, 1.82) is 0 Å². The number of aliphatic hydroxyl groups is 1. The first-order chi connectivity index (χ1) is 17.3. The number of hydrogen-bond donors (Lipinski definition) is 3. The summed E-state index contributed by atoms with van der Waals surface area (Å²) in [6.45, 7) is 6.44. The molecule has 1 atom stereocenters. The molecule has 5 N–H and O–H groups in total. The second-order valence-corrected chi connectivity index (χ2v) is 8.01. The first kappa shape index (κ1) is 26.3. The topological polar surface area (TPSA) is 171 Å². The predicted molar refractivity (Wildman–Crippen MR) is 130 cm³/mol. The van der Waals surface area contributed by atoms with E-state index < -0.39 is 17.9 Å². The molecule has 13 heteroatoms. The van der Waals surface area contributed by atoms with Crippen LogP contribution in [0.4, 0.5) is 15.1 Å². The molecular weight excluding hydrogens is 473 g/mol. The highest BCUT2D eigenvalue weighted by molar-refractivity contribution is 5.98. The van der Waals surface area contributed by atoms with E-state index in [4.69, 9.17) is 25.8 Å². The molecule has 1 aromatic heterocycles. The minimum Gasteiger partial charge on any atom is -0.498 e. The second kappa shape index (κ2) is 12.4. The monoisotopic (exact) mass is 501 g/mol. The maximum absolute atomic E-state index is 14.9. The summed E-state index contributed by atoms with van der Waals surface area (Å²) in [5, 5.41) is 13.4. The van der Waals surface area contributed by atoms with Crippen molar-refractivity contribution in [1.82, 2.24) is 9.97 Å². The standard InChI is InChI=1S/C23H28FN7O5/c1-14(2)34-11-15(10-32)12-36-30-18-8-31(9-18)22-27-6-17(7-28-22)19-5-3-4-16(20(19)24)13-35-23(33)29-21(25)26/h3-7,15,32H,1,8-13H2,2H3,(H4,25,26,29,33). The molecule has 0 bridgehead atoms. The lowest BCUT2D eigenvalue weighted by atomic mass is 10.1. The lowest BCUT2D eigenvalue weighted by Crippen LogP contribution is -2.48. The van der Waals surface area contributed by atoms with Crippen molar-refractivity contribution in [2.75, 3.05) is 37.8 Å². The quantitative estimate of drug-likeness (QED) is 0.178. The van der Waals surface area contributed by atoms with Crippen LogP contribution in [0.1, 0.15) is 12.5 Å². The largest absolute Gasteiger partial charge is 0.498 e. The van der Waals surface area contributed by atoms with E-state index in [0.717, 1.165) is 5.71 Å². The summed E-state index contributed by atoms with van der Waals surface area (Å²) in [6, 6.07) is 4.68. The molecule has 192 valence electrons. The summed E-state index contributed by atoms with van der Waals surface area (Å²) >= 11 is 0. The van der Waals surface area contributed by atoms with Crippen LogP contribution >= 0.6 is 0 Å². The van der Waals surface area contributed by atoms with Gasteiger partial charge in [0.25, 0.3) is 0 Å². The van der Waals surface area contributed by atoms with E-state index in [-0.39, 0.29) is 36.9 Å². The number of anilines is 1. The number of aromatic nitrogens is 2. The molecule has 36 heavy (non-hydrogen) atoms. The van der Waals surface area contributed by atoms with Crippen molar-refractivity contribution in [2.24, 2.45) is 27.5 Å². The van der Waals surface area contributed by atoms with Gasteiger partial charge in [0.2, 0.25) is 5.95 Å². The Balaban J connectivity index is 1.53. The average Bonchev–Trinajstić information content (AvgIpc) is 2.81. The third kappa shape index (κ3) is 7.37. The highest BCUT2D eigenvalue weighted by Crippen LogP contribution is 2.26. The highest BCUT2D eigenvalue weighted by atomic mass is 19.1. The minimum atomic E-state index is -1.01. The molecule has 1 aromatic carbocycles. The molecule has 2 heterocycles. The molecular formula is C23H28FN7O5. The number of aliphatic hydroxyl groups excluding tert-OH is 1. The number of nitrogens with two attached hydrogens (primary N) is 2. The maximum atomic E-state index is 14.9. The van der Waals surface area contributed by atoms with Gasteiger partial charge in [0.15, 0.2) is 5.96 Å². The summed E-state index contributed by atoms with van der Waals surface area (Å²) < 4.78 is 25.1. The number of allylic oxidation sites excluding steroid dienone is 1. The molecule has 3 rings (SSSR count). The summed E-state index contributed by atoms with van der Waals surface area (Å²) in [4.78, 5) is 30.5. The van der Waals surface area contributed by atoms with Crippen molar-refractivity contribution in [3.8, 4) is 11.1 Å². The van der Waals surface area contributed by atoms with Gasteiger partial charge in [-0.05, 0) is 6.92 Å². The summed E-state index contributed by atoms with van der Waals surface area (Å²) in [5.41, 5.74) is 11.9. The van der Waals surface area contributed by atoms with Gasteiger partial charge in [0.05, 0.1) is 43.7 Å². The number of halogens is 1. The van der Waals surface area contributed by atoms with Crippen LogP contribution in [0.25, 0.3) is 11.1 Å². The number of hydrogen-bond acceptors (Lipinski definition) is 9. The van der Waals surface area contributed by atoms with Crippen molar-refractivity contribution in [3.05, 3.63) is 54.3 Å². The van der Waals surface area contributed by atoms with Crippen LogP contribution in [0.15, 0.2) is 53.1 Å². The molecule has 1 aliphatic heterocycles. The van der Waals surface area contributed by atoms with Gasteiger partial charge in [-0.15, -0.1) is 4.99 Å². The number of guanidine groups is 1. The van der Waals surface area contributed by atoms with Crippen LogP contribution in [0.3, 0.4) is 0 Å². The maximum Gasteiger partial charge on any atom is 0.437 e. The number of aliphatic imine (C=N–C) groups is 1. The molecule has 0 aliphatic carbocycles. The van der Waals surface area contributed by atoms with Crippen LogP contribution in [0, 0.1) is 11.7 Å². The Kier molecular flexibility index (Phi) is 9.11. The Hall–Kier alpha value is -4.26. The Bertz CT molecular complexity index is 1130. The fourth-order valence-electron chi connectivity index (χ4n) is 3.06. The lowest BCUT2D eigenvalue weighted by Gasteiger charge is -2.32. The molecule has 12 nitrogen and oxygen atoms in total. The molecule has 2 aromatic rings. The van der Waals surface area contributed by atoms with Crippen molar-refractivity contribution >= 4 is 23.7 Å². The highest BCUT2D eigenvalue weighted by Gasteiger charge is 2.25. The van der Waals surface area contributed by atoms with E-state index in [0.29, 0.717) is 37.0 Å². The molecule has 1 amide bonds. The van der Waals surface area contributed by atoms with Crippen molar-refractivity contribution < 1.29 is 28.6 Å². The van der Waals surface area contributed by atoms with Crippen molar-refractivity contribution in [2.45, 2.75) is 13.5 Å². The zero-order valence-electron chi connectivity index (χ0n) is 19.8. The number of amides is 1. The third-order valence-corrected chi connectivity index (χ3v) is 4.96. The number of carbonyl (C=O) groups excluding carboxylic acids is 1. The smallest absolute Gasteiger partial charge is 0.437 e. The van der Waals surface area contributed by atoms with Gasteiger partial charge in [-0.1, -0.05) is 29.9 Å². The number of carbonyl (C=O) groups is 1. The van der Waals surface area contributed by atoms with E-state index in [9.17, 15) is 14.3 Å². The minimum absolute atomic E-state index is 0.0862. The van der Waals surface area contributed by atoms with E-state index >= 15 is 0 Å². The van der Waals surface area contributed by atoms with Crippen LogP contribution < -0.4 is 16.4 Å². The molecule has 1 saturated heterocycles. The van der Waals surface area contributed by atoms with E-state index in [1.54, 1.807) is 19.1 Å². The predicted octanol–water partition coefficient (Wildman–Crippen LogP) is 1.54. The van der Waals surface area contributed by atoms with E-state index in [1.165, 1.54) is 18.5 Å². The zero-order chi connectivity index (χ0) is 26.1. The van der Waals surface area contributed by atoms with Gasteiger partial charge >= 0.3 is 6.09 Å². The van der Waals surface area contributed by atoms with Crippen LogP contribution in [0.5, 0.6) is 0 Å². The fraction of sp³-hybridized carbons (Fsp3) is 0.348. The molecule has 0 saturated carbocycles. The van der Waals surface area contributed by atoms with Crippen LogP contribution in [0.2, 0.25) is 0 Å². The number of rotatable bonds is 11. The van der Waals surface area contributed by atoms with E-state index in [1.807, 2.05) is 4.90 Å². The molecule has 1 aliphatic rings. The fourth-order valence-corrected chi connectivity index (χ4v) is 3.06.